The van der Waals surface area contributed by atoms with E-state index in [1.807, 2.05) is 0 Å². The number of nitrogens with two attached hydrogens (primary N) is 1. The van der Waals surface area contributed by atoms with Crippen LogP contribution in [0.3, 0.4) is 0 Å². The van der Waals surface area contributed by atoms with E-state index in [2.05, 4.69) is 6.92 Å². The van der Waals surface area contributed by atoms with Crippen LogP contribution < -0.4 is 5.73 Å². The minimum absolute atomic E-state index is 0.274. The summed E-state index contributed by atoms with van der Waals surface area (Å²) in [6.07, 6.45) is 14.7. The van der Waals surface area contributed by atoms with Crippen molar-refractivity contribution < 1.29 is 0 Å². The molecule has 0 aliphatic heterocycles. The number of hydrogen-bond acceptors (Lipinski definition) is 1. The number of hydrogen-bond donors (Lipinski definition) is 1. The summed E-state index contributed by atoms with van der Waals surface area (Å²) in [4.78, 5) is 0. The van der Waals surface area contributed by atoms with Gasteiger partial charge in [-0.1, -0.05) is 6.92 Å². The molecule has 1 unspecified atom stereocenters. The van der Waals surface area contributed by atoms with Crippen molar-refractivity contribution in [1.82, 2.24) is 0 Å². The van der Waals surface area contributed by atoms with E-state index in [1.54, 1.807) is 38.5 Å². The van der Waals surface area contributed by atoms with Gasteiger partial charge in [0.25, 0.3) is 0 Å². The lowest BCUT2D eigenvalue weighted by atomic mass is 9.46. The molecular formula is C17H29N. The Morgan fingerprint density at radius 1 is 1.00 bits per heavy atom. The van der Waals surface area contributed by atoms with E-state index in [0.29, 0.717) is 0 Å². The monoisotopic (exact) mass is 247 g/mol. The molecule has 5 aliphatic rings. The molecule has 102 valence electrons. The maximum Gasteiger partial charge on any atom is 0.0155 e. The second kappa shape index (κ2) is 3.75. The summed E-state index contributed by atoms with van der Waals surface area (Å²) in [7, 11) is 0. The van der Waals surface area contributed by atoms with Gasteiger partial charge in [0.2, 0.25) is 0 Å². The minimum atomic E-state index is 0.274. The molecule has 5 aliphatic carbocycles. The van der Waals surface area contributed by atoms with Crippen molar-refractivity contribution in [2.24, 2.45) is 34.8 Å². The van der Waals surface area contributed by atoms with E-state index in [1.165, 1.54) is 25.7 Å². The molecule has 0 heterocycles. The summed E-state index contributed by atoms with van der Waals surface area (Å²) < 4.78 is 0. The van der Waals surface area contributed by atoms with Crippen LogP contribution >= 0.6 is 0 Å². The average molecular weight is 247 g/mol. The normalized spacial score (nSPS) is 49.3. The van der Waals surface area contributed by atoms with E-state index in [-0.39, 0.29) is 5.54 Å². The lowest BCUT2D eigenvalue weighted by Crippen LogP contribution is -2.49. The van der Waals surface area contributed by atoms with Gasteiger partial charge >= 0.3 is 0 Å². The molecule has 1 atom stereocenters. The van der Waals surface area contributed by atoms with Crippen molar-refractivity contribution in [3.05, 3.63) is 0 Å². The second-order valence-corrected chi connectivity index (χ2v) is 8.58. The van der Waals surface area contributed by atoms with Crippen LogP contribution in [-0.2, 0) is 0 Å². The second-order valence-electron chi connectivity index (χ2n) is 8.58. The molecule has 5 fully saturated rings. The molecule has 5 saturated carbocycles. The average Bonchev–Trinajstić information content (AvgIpc) is 3.03. The summed E-state index contributed by atoms with van der Waals surface area (Å²) in [5.74, 6) is 4.25. The highest BCUT2D eigenvalue weighted by Crippen LogP contribution is 2.63. The molecule has 2 N–H and O–H groups in total. The SMILES string of the molecule is CC(CCC1(N)CC1)C12CC3CC(CC(C3)C1)C2. The van der Waals surface area contributed by atoms with E-state index in [4.69, 9.17) is 5.73 Å². The Kier molecular flexibility index (Phi) is 2.45. The fourth-order valence-corrected chi connectivity index (χ4v) is 6.00. The summed E-state index contributed by atoms with van der Waals surface area (Å²) in [5, 5.41) is 0. The zero-order valence-corrected chi connectivity index (χ0v) is 12.0. The fraction of sp³-hybridized carbons (Fsp3) is 1.00. The minimum Gasteiger partial charge on any atom is -0.325 e. The highest BCUT2D eigenvalue weighted by Gasteiger charge is 2.53. The molecule has 1 nitrogen and oxygen atoms in total. The Bertz CT molecular complexity index is 306. The van der Waals surface area contributed by atoms with E-state index < -0.39 is 0 Å². The Balaban J connectivity index is 1.45. The molecule has 1 heteroatoms. The molecule has 0 spiro atoms. The molecule has 4 bridgehead atoms. The van der Waals surface area contributed by atoms with Gasteiger partial charge in [-0.2, -0.15) is 0 Å². The smallest absolute Gasteiger partial charge is 0.0155 e. The maximum atomic E-state index is 6.29. The molecule has 0 radical (unpaired) electrons. The first-order chi connectivity index (χ1) is 8.57. The van der Waals surface area contributed by atoms with Gasteiger partial charge < -0.3 is 5.73 Å². The van der Waals surface area contributed by atoms with Gasteiger partial charge in [0.05, 0.1) is 0 Å². The van der Waals surface area contributed by atoms with Crippen LogP contribution in [0.1, 0.15) is 71.1 Å². The maximum absolute atomic E-state index is 6.29. The first kappa shape index (κ1) is 11.8. The topological polar surface area (TPSA) is 26.0 Å². The van der Waals surface area contributed by atoms with E-state index in [0.717, 1.165) is 29.1 Å². The third-order valence-corrected chi connectivity index (χ3v) is 7.10. The lowest BCUT2D eigenvalue weighted by molar-refractivity contribution is -0.0854. The van der Waals surface area contributed by atoms with Crippen molar-refractivity contribution in [2.75, 3.05) is 0 Å². The van der Waals surface area contributed by atoms with Crippen molar-refractivity contribution in [3.63, 3.8) is 0 Å². The van der Waals surface area contributed by atoms with Gasteiger partial charge in [-0.15, -0.1) is 0 Å². The summed E-state index contributed by atoms with van der Waals surface area (Å²) in [6.45, 7) is 2.55. The van der Waals surface area contributed by atoms with Crippen LogP contribution in [0.2, 0.25) is 0 Å². The number of rotatable bonds is 4. The quantitative estimate of drug-likeness (QED) is 0.795. The third-order valence-electron chi connectivity index (χ3n) is 7.10. The van der Waals surface area contributed by atoms with Crippen molar-refractivity contribution in [1.29, 1.82) is 0 Å². The lowest BCUT2D eigenvalue weighted by Gasteiger charge is -2.59. The molecule has 18 heavy (non-hydrogen) atoms. The highest BCUT2D eigenvalue weighted by atomic mass is 14.8. The predicted molar refractivity (Wildman–Crippen MR) is 75.2 cm³/mol. The van der Waals surface area contributed by atoms with Crippen molar-refractivity contribution >= 4 is 0 Å². The van der Waals surface area contributed by atoms with E-state index >= 15 is 0 Å². The largest absolute Gasteiger partial charge is 0.325 e. The van der Waals surface area contributed by atoms with Crippen LogP contribution in [0.25, 0.3) is 0 Å². The Hall–Kier alpha value is -0.0400. The van der Waals surface area contributed by atoms with Crippen LogP contribution in [0, 0.1) is 29.1 Å². The van der Waals surface area contributed by atoms with E-state index in [9.17, 15) is 0 Å². The molecule has 5 rings (SSSR count). The molecule has 0 saturated heterocycles. The van der Waals surface area contributed by atoms with Crippen LogP contribution in [0.15, 0.2) is 0 Å². The molecule has 0 aromatic rings. The zero-order chi connectivity index (χ0) is 12.4. The summed E-state index contributed by atoms with van der Waals surface area (Å²) >= 11 is 0. The third kappa shape index (κ3) is 1.85. The molecule has 0 amide bonds. The zero-order valence-electron chi connectivity index (χ0n) is 12.0. The molecule has 0 aromatic carbocycles. The summed E-state index contributed by atoms with van der Waals surface area (Å²) in [6, 6.07) is 0. The molecular weight excluding hydrogens is 218 g/mol. The van der Waals surface area contributed by atoms with Gasteiger partial charge in [0, 0.05) is 5.54 Å². The Morgan fingerprint density at radius 2 is 1.50 bits per heavy atom. The van der Waals surface area contributed by atoms with Crippen molar-refractivity contribution in [3.8, 4) is 0 Å². The van der Waals surface area contributed by atoms with Gasteiger partial charge in [-0.25, -0.2) is 0 Å². The van der Waals surface area contributed by atoms with Gasteiger partial charge in [0.1, 0.15) is 0 Å². The van der Waals surface area contributed by atoms with Crippen LogP contribution in [0.5, 0.6) is 0 Å². The first-order valence-electron chi connectivity index (χ1n) is 8.36. The predicted octanol–water partition coefficient (Wildman–Crippen LogP) is 4.11. The Labute approximate surface area is 112 Å². The Morgan fingerprint density at radius 3 is 1.94 bits per heavy atom. The highest BCUT2D eigenvalue weighted by molar-refractivity contribution is 5.04. The fourth-order valence-electron chi connectivity index (χ4n) is 6.00. The molecule has 0 aromatic heterocycles. The van der Waals surface area contributed by atoms with Gasteiger partial charge in [-0.3, -0.25) is 0 Å². The van der Waals surface area contributed by atoms with Crippen molar-refractivity contribution in [2.45, 2.75) is 76.7 Å². The van der Waals surface area contributed by atoms with Crippen LogP contribution in [0.4, 0.5) is 0 Å². The van der Waals surface area contributed by atoms with Gasteiger partial charge in [0.15, 0.2) is 0 Å². The standard InChI is InChI=1S/C17H29N/c1-12(2-3-17(18)4-5-17)16-9-13-6-14(10-16)8-15(7-13)11-16/h12-15H,2-11,18H2,1H3. The van der Waals surface area contributed by atoms with Gasteiger partial charge in [-0.05, 0) is 93.3 Å². The first-order valence-corrected chi connectivity index (χ1v) is 8.36. The summed E-state index contributed by atoms with van der Waals surface area (Å²) in [5.41, 5.74) is 7.31. The van der Waals surface area contributed by atoms with Crippen LogP contribution in [-0.4, -0.2) is 5.54 Å².